The summed E-state index contributed by atoms with van der Waals surface area (Å²) in [5.74, 6) is 1.15. The van der Waals surface area contributed by atoms with Crippen LogP contribution >= 0.6 is 24.0 Å². The molecule has 0 fully saturated rings. The van der Waals surface area contributed by atoms with Crippen molar-refractivity contribution < 1.29 is 0 Å². The molecular weight excluding hydrogens is 365 g/mol. The first-order valence-electron chi connectivity index (χ1n) is 7.17. The molecule has 2 heterocycles. The van der Waals surface area contributed by atoms with E-state index in [4.69, 9.17) is 22.7 Å². The number of guanidine groups is 1. The lowest BCUT2D eigenvalue weighted by Crippen LogP contribution is -2.33. The molecule has 11 heteroatoms. The van der Waals surface area contributed by atoms with Gasteiger partial charge in [-0.1, -0.05) is 17.7 Å². The molecule has 7 N–H and O–H groups in total. The summed E-state index contributed by atoms with van der Waals surface area (Å²) in [6.45, 7) is 1.03. The molecule has 0 radical (unpaired) electrons. The van der Waals surface area contributed by atoms with Crippen molar-refractivity contribution in [3.05, 3.63) is 35.6 Å². The average Bonchev–Trinajstić information content (AvgIpc) is 2.96. The maximum Gasteiger partial charge on any atom is 0.185 e. The molecule has 0 spiro atoms. The lowest BCUT2D eigenvalue weighted by Gasteiger charge is -2.09. The van der Waals surface area contributed by atoms with Gasteiger partial charge in [0.2, 0.25) is 0 Å². The molecule has 25 heavy (non-hydrogen) atoms. The van der Waals surface area contributed by atoms with Gasteiger partial charge in [0.05, 0.1) is 0 Å². The van der Waals surface area contributed by atoms with E-state index in [2.05, 4.69) is 36.1 Å². The Morgan fingerprint density at radius 2 is 2.08 bits per heavy atom. The second-order valence-corrected chi connectivity index (χ2v) is 5.36. The highest BCUT2D eigenvalue weighted by atomic mass is 35.5. The molecule has 0 aliphatic carbocycles. The molecule has 0 atom stereocenters. The zero-order chi connectivity index (χ0) is 16.9. The zero-order valence-corrected chi connectivity index (χ0v) is 14.6. The third kappa shape index (κ3) is 4.61. The van der Waals surface area contributed by atoms with E-state index in [0.29, 0.717) is 35.4 Å². The number of nitrogens with zero attached hydrogens (tertiary/aromatic N) is 3. The van der Waals surface area contributed by atoms with Crippen molar-refractivity contribution in [3.8, 4) is 0 Å². The first-order chi connectivity index (χ1) is 11.6. The SMILES string of the molecule is Cl.N=C(N)NCCNc1n[nH]c2ncnc(Nc3cccc(Cl)c3)c12. The van der Waals surface area contributed by atoms with Crippen LogP contribution in [0.1, 0.15) is 0 Å². The van der Waals surface area contributed by atoms with E-state index >= 15 is 0 Å². The highest BCUT2D eigenvalue weighted by Gasteiger charge is 2.12. The number of nitrogens with one attached hydrogen (secondary N) is 5. The number of aromatic nitrogens is 4. The molecule has 0 saturated heterocycles. The standard InChI is InChI=1S/C14H16ClN9.ClH/c15-8-2-1-3-9(6-8)22-11-10-12(18-4-5-19-14(16)17)23-24-13(10)21-7-20-11;/h1-3,6-7H,4-5H2,(H4,16,17,19)(H3,18,20,21,22,23,24);1H. The number of halogens is 2. The minimum absolute atomic E-state index is 0. The van der Waals surface area contributed by atoms with Crippen LogP contribution in [0.3, 0.4) is 0 Å². The number of anilines is 3. The van der Waals surface area contributed by atoms with Gasteiger partial charge in [0.1, 0.15) is 17.5 Å². The summed E-state index contributed by atoms with van der Waals surface area (Å²) in [7, 11) is 0. The molecule has 0 aliphatic heterocycles. The second-order valence-electron chi connectivity index (χ2n) is 4.92. The summed E-state index contributed by atoms with van der Waals surface area (Å²) in [6.07, 6.45) is 1.45. The van der Waals surface area contributed by atoms with E-state index in [0.717, 1.165) is 11.1 Å². The van der Waals surface area contributed by atoms with E-state index in [-0.39, 0.29) is 18.4 Å². The molecule has 3 rings (SSSR count). The maximum absolute atomic E-state index is 7.13. The monoisotopic (exact) mass is 381 g/mol. The van der Waals surface area contributed by atoms with E-state index in [1.165, 1.54) is 6.33 Å². The Balaban J connectivity index is 0.00000225. The van der Waals surface area contributed by atoms with Crippen LogP contribution in [0.15, 0.2) is 30.6 Å². The van der Waals surface area contributed by atoms with Gasteiger partial charge in [-0.15, -0.1) is 12.4 Å². The fourth-order valence-electron chi connectivity index (χ4n) is 2.16. The maximum atomic E-state index is 7.13. The van der Waals surface area contributed by atoms with Crippen LogP contribution in [0.2, 0.25) is 5.02 Å². The first-order valence-corrected chi connectivity index (χ1v) is 7.54. The minimum atomic E-state index is -0.0738. The van der Waals surface area contributed by atoms with Crippen molar-refractivity contribution in [2.24, 2.45) is 5.73 Å². The van der Waals surface area contributed by atoms with Gasteiger partial charge in [0.25, 0.3) is 0 Å². The van der Waals surface area contributed by atoms with Gasteiger partial charge < -0.3 is 21.7 Å². The molecule has 0 amide bonds. The van der Waals surface area contributed by atoms with Gasteiger partial charge in [-0.25, -0.2) is 9.97 Å². The van der Waals surface area contributed by atoms with Crippen LogP contribution in [0, 0.1) is 5.41 Å². The van der Waals surface area contributed by atoms with Crippen molar-refractivity contribution in [2.75, 3.05) is 23.7 Å². The largest absolute Gasteiger partial charge is 0.370 e. The zero-order valence-electron chi connectivity index (χ0n) is 13.0. The van der Waals surface area contributed by atoms with Crippen LogP contribution in [-0.4, -0.2) is 39.2 Å². The second kappa shape index (κ2) is 8.36. The fourth-order valence-corrected chi connectivity index (χ4v) is 2.35. The quantitative estimate of drug-likeness (QED) is 0.218. The number of benzene rings is 1. The summed E-state index contributed by atoms with van der Waals surface area (Å²) < 4.78 is 0. The van der Waals surface area contributed by atoms with E-state index in [1.807, 2.05) is 12.1 Å². The third-order valence-corrected chi connectivity index (χ3v) is 3.41. The van der Waals surface area contributed by atoms with Gasteiger partial charge >= 0.3 is 0 Å². The Morgan fingerprint density at radius 1 is 1.24 bits per heavy atom. The lowest BCUT2D eigenvalue weighted by atomic mass is 10.3. The summed E-state index contributed by atoms with van der Waals surface area (Å²) in [5, 5.41) is 24.7. The highest BCUT2D eigenvalue weighted by molar-refractivity contribution is 6.30. The smallest absolute Gasteiger partial charge is 0.185 e. The van der Waals surface area contributed by atoms with E-state index in [9.17, 15) is 0 Å². The number of hydrogen-bond acceptors (Lipinski definition) is 6. The predicted octanol–water partition coefficient (Wildman–Crippen LogP) is 2.07. The molecule has 0 saturated carbocycles. The number of H-pyrrole nitrogens is 1. The number of nitrogens with two attached hydrogens (primary N) is 1. The predicted molar refractivity (Wildman–Crippen MR) is 102 cm³/mol. The van der Waals surface area contributed by atoms with Gasteiger partial charge in [-0.2, -0.15) is 5.10 Å². The van der Waals surface area contributed by atoms with Crippen LogP contribution in [0.4, 0.5) is 17.3 Å². The molecular formula is C14H17Cl2N9. The summed E-state index contributed by atoms with van der Waals surface area (Å²) in [5.41, 5.74) is 6.67. The van der Waals surface area contributed by atoms with Crippen molar-refractivity contribution in [1.82, 2.24) is 25.5 Å². The molecule has 2 aromatic heterocycles. The fraction of sp³-hybridized carbons (Fsp3) is 0.143. The van der Waals surface area contributed by atoms with Gasteiger partial charge in [0, 0.05) is 23.8 Å². The Hall–Kier alpha value is -2.78. The molecule has 132 valence electrons. The molecule has 1 aromatic carbocycles. The molecule has 0 aliphatic rings. The topological polar surface area (TPSA) is 140 Å². The van der Waals surface area contributed by atoms with E-state index in [1.54, 1.807) is 12.1 Å². The Bertz CT molecular complexity index is 864. The van der Waals surface area contributed by atoms with Crippen LogP contribution < -0.4 is 21.7 Å². The van der Waals surface area contributed by atoms with E-state index < -0.39 is 0 Å². The average molecular weight is 382 g/mol. The summed E-state index contributed by atoms with van der Waals surface area (Å²) >= 11 is 6.01. The highest BCUT2D eigenvalue weighted by Crippen LogP contribution is 2.28. The van der Waals surface area contributed by atoms with Crippen molar-refractivity contribution >= 4 is 58.3 Å². The van der Waals surface area contributed by atoms with Gasteiger partial charge in [-0.3, -0.25) is 10.5 Å². The Morgan fingerprint density at radius 3 is 2.84 bits per heavy atom. The summed E-state index contributed by atoms with van der Waals surface area (Å²) in [4.78, 5) is 8.46. The Kier molecular flexibility index (Phi) is 6.20. The van der Waals surface area contributed by atoms with Gasteiger partial charge in [0.15, 0.2) is 17.4 Å². The normalized spacial score (nSPS) is 10.1. The number of hydrogen-bond donors (Lipinski definition) is 6. The summed E-state index contributed by atoms with van der Waals surface area (Å²) in [6, 6.07) is 7.35. The lowest BCUT2D eigenvalue weighted by molar-refractivity contribution is 0.886. The number of fused-ring (bicyclic) bond motifs is 1. The van der Waals surface area contributed by atoms with Crippen molar-refractivity contribution in [1.29, 1.82) is 5.41 Å². The van der Waals surface area contributed by atoms with Crippen LogP contribution in [-0.2, 0) is 0 Å². The first kappa shape index (κ1) is 18.6. The minimum Gasteiger partial charge on any atom is -0.370 e. The van der Waals surface area contributed by atoms with Gasteiger partial charge in [-0.05, 0) is 18.2 Å². The Labute approximate surface area is 154 Å². The van der Waals surface area contributed by atoms with Crippen molar-refractivity contribution in [3.63, 3.8) is 0 Å². The molecule has 3 aromatic rings. The van der Waals surface area contributed by atoms with Crippen LogP contribution in [0.25, 0.3) is 11.0 Å². The van der Waals surface area contributed by atoms with Crippen LogP contribution in [0.5, 0.6) is 0 Å². The third-order valence-electron chi connectivity index (χ3n) is 3.18. The molecule has 0 unspecified atom stereocenters. The number of aromatic amines is 1. The van der Waals surface area contributed by atoms with Crippen molar-refractivity contribution in [2.45, 2.75) is 0 Å². The number of rotatable bonds is 6. The molecule has 9 nitrogen and oxygen atoms in total. The molecule has 0 bridgehead atoms.